The van der Waals surface area contributed by atoms with Gasteiger partial charge in [-0.1, -0.05) is 62.3 Å². The van der Waals surface area contributed by atoms with Crippen LogP contribution in [0.4, 0.5) is 0 Å². The summed E-state index contributed by atoms with van der Waals surface area (Å²) in [5, 5.41) is 12.2. The summed E-state index contributed by atoms with van der Waals surface area (Å²) in [5.74, 6) is 0. The molecule has 352 valence electrons. The number of hydrogen-bond donors (Lipinski definition) is 0. The molecule has 19 heteroatoms. The Labute approximate surface area is 353 Å². The summed E-state index contributed by atoms with van der Waals surface area (Å²) in [5.41, 5.74) is -2.49. The molecule has 0 heterocycles. The van der Waals surface area contributed by atoms with Crippen molar-refractivity contribution in [3.05, 3.63) is 65.0 Å². The van der Waals surface area contributed by atoms with E-state index in [0.717, 1.165) is 0 Å². The summed E-state index contributed by atoms with van der Waals surface area (Å²) >= 11 is 0. The van der Waals surface area contributed by atoms with Gasteiger partial charge in [0.1, 0.15) is 20.5 Å². The van der Waals surface area contributed by atoms with Gasteiger partial charge in [-0.05, 0) is 96.1 Å². The van der Waals surface area contributed by atoms with Gasteiger partial charge in [-0.25, -0.2) is 4.89 Å². The molecule has 58 heavy (non-hydrogen) atoms. The van der Waals surface area contributed by atoms with Crippen LogP contribution in [0.2, 0.25) is 0 Å². The van der Waals surface area contributed by atoms with Crippen molar-refractivity contribution in [1.82, 2.24) is 0 Å². The minimum absolute atomic E-state index is 0.0573. The van der Waals surface area contributed by atoms with Crippen molar-refractivity contribution in [3.8, 4) is 0 Å². The average molecular weight is 900 g/mol. The molecule has 0 aliphatic heterocycles. The molecule has 0 aromatic carbocycles. The van der Waals surface area contributed by atoms with Crippen LogP contribution in [0.5, 0.6) is 0 Å². The third kappa shape index (κ3) is 75.5. The summed E-state index contributed by atoms with van der Waals surface area (Å²) in [4.78, 5) is 43.0. The van der Waals surface area contributed by atoms with Crippen molar-refractivity contribution in [2.75, 3.05) is 26.0 Å². The molecule has 0 aliphatic carbocycles. The molecule has 0 saturated heterocycles. The van der Waals surface area contributed by atoms with Crippen molar-refractivity contribution in [1.29, 1.82) is 0 Å². The molecular formula is C39H82O16P3-3. The zero-order valence-corrected chi connectivity index (χ0v) is 41.9. The van der Waals surface area contributed by atoms with Crippen LogP contribution in [0.3, 0.4) is 0 Å². The Morgan fingerprint density at radius 1 is 0.483 bits per heavy atom. The fourth-order valence-corrected chi connectivity index (χ4v) is 6.86. The van der Waals surface area contributed by atoms with Crippen LogP contribution in [0.1, 0.15) is 131 Å². The molecule has 0 aliphatic rings. The zero-order valence-electron chi connectivity index (χ0n) is 39.2. The van der Waals surface area contributed by atoms with Crippen molar-refractivity contribution in [2.45, 2.75) is 148 Å². The summed E-state index contributed by atoms with van der Waals surface area (Å²) < 4.78 is 57.9. The molecule has 0 aromatic heterocycles. The Morgan fingerprint density at radius 3 is 1.16 bits per heavy atom. The molecule has 0 rings (SSSR count). The minimum atomic E-state index is -4.39. The molecule has 3 atom stereocenters. The second kappa shape index (κ2) is 34.3. The van der Waals surface area contributed by atoms with E-state index >= 15 is 0 Å². The Morgan fingerprint density at radius 2 is 0.845 bits per heavy atom. The maximum atomic E-state index is 11.5. The first-order chi connectivity index (χ1) is 25.7. The SMILES string of the molecule is C=C.C=C.C=C.C=C.CC(C)(C)/C=C/OOOOOCCOP(=O)([O-])OC(C)(C)C.CC(C)(C)CCOP(=O)([O-])OC(C)(C)C.CC(C)(C)CP(=O)([O-])OC(C)(C)C. The van der Waals surface area contributed by atoms with E-state index in [9.17, 15) is 28.4 Å². The van der Waals surface area contributed by atoms with Crippen LogP contribution in [0, 0.1) is 16.2 Å². The normalized spacial score (nSPS) is 15.0. The van der Waals surface area contributed by atoms with Gasteiger partial charge in [0.25, 0.3) is 15.6 Å². The molecular weight excluding hydrogens is 817 g/mol. The van der Waals surface area contributed by atoms with Crippen LogP contribution in [0.25, 0.3) is 0 Å². The van der Waals surface area contributed by atoms with Gasteiger partial charge < -0.3 is 46.8 Å². The number of allylic oxidation sites excluding steroid dienone is 1. The van der Waals surface area contributed by atoms with E-state index in [2.05, 4.69) is 82.0 Å². The highest BCUT2D eigenvalue weighted by Gasteiger charge is 2.25. The van der Waals surface area contributed by atoms with Crippen molar-refractivity contribution >= 4 is 23.2 Å². The lowest BCUT2D eigenvalue weighted by atomic mass is 9.93. The van der Waals surface area contributed by atoms with E-state index in [1.165, 1.54) is 6.26 Å². The highest BCUT2D eigenvalue weighted by atomic mass is 31.2. The third-order valence-electron chi connectivity index (χ3n) is 4.14. The van der Waals surface area contributed by atoms with E-state index in [1.807, 2.05) is 62.3 Å². The number of hydrogen-bond acceptors (Lipinski definition) is 16. The highest BCUT2D eigenvalue weighted by Crippen LogP contribution is 2.46. The molecule has 0 amide bonds. The summed E-state index contributed by atoms with van der Waals surface area (Å²) in [7, 11) is -12.2. The first-order valence-electron chi connectivity index (χ1n) is 18.0. The topological polar surface area (TPSA) is 213 Å². The van der Waals surface area contributed by atoms with Gasteiger partial charge in [-0.15, -0.1) is 52.6 Å². The number of phosphoric ester groups is 2. The van der Waals surface area contributed by atoms with Gasteiger partial charge in [0, 0.05) is 16.2 Å². The van der Waals surface area contributed by atoms with Gasteiger partial charge in [0.05, 0.1) is 30.0 Å². The molecule has 3 unspecified atom stereocenters. The average Bonchev–Trinajstić information content (AvgIpc) is 2.96. The maximum Gasteiger partial charge on any atom is 0.268 e. The number of phosphoric acid groups is 2. The van der Waals surface area contributed by atoms with E-state index in [0.29, 0.717) is 6.42 Å². The predicted molar refractivity (Wildman–Crippen MR) is 230 cm³/mol. The second-order valence-corrected chi connectivity index (χ2v) is 22.0. The fraction of sp³-hybridized carbons (Fsp3) is 0.744. The number of rotatable bonds is 16. The Balaban J connectivity index is -0.000000127. The highest BCUT2D eigenvalue weighted by molar-refractivity contribution is 7.51. The molecule has 0 saturated carbocycles. The Kier molecular flexibility index (Phi) is 42.1. The van der Waals surface area contributed by atoms with Crippen LogP contribution in [0.15, 0.2) is 65.0 Å². The second-order valence-electron chi connectivity index (χ2n) is 17.6. The maximum absolute atomic E-state index is 11.5. The lowest BCUT2D eigenvalue weighted by Crippen LogP contribution is -2.26. The van der Waals surface area contributed by atoms with Crippen LogP contribution < -0.4 is 14.7 Å². The van der Waals surface area contributed by atoms with Crippen molar-refractivity contribution < 1.29 is 75.9 Å². The monoisotopic (exact) mass is 899 g/mol. The summed E-state index contributed by atoms with van der Waals surface area (Å²) in [6.07, 6.45) is 3.75. The van der Waals surface area contributed by atoms with Gasteiger partial charge in [0.2, 0.25) is 0 Å². The Bertz CT molecular complexity index is 1130. The lowest BCUT2D eigenvalue weighted by molar-refractivity contribution is -0.700. The molecule has 0 aromatic rings. The van der Waals surface area contributed by atoms with Gasteiger partial charge in [0.15, 0.2) is 0 Å². The minimum Gasteiger partial charge on any atom is -0.778 e. The summed E-state index contributed by atoms with van der Waals surface area (Å²) in [6.45, 7) is 56.2. The Hall–Kier alpha value is -1.29. The molecule has 0 N–H and O–H groups in total. The smallest absolute Gasteiger partial charge is 0.268 e. The summed E-state index contributed by atoms with van der Waals surface area (Å²) in [6, 6.07) is 0. The van der Waals surface area contributed by atoms with Crippen molar-refractivity contribution in [3.63, 3.8) is 0 Å². The zero-order chi connectivity index (χ0) is 48.5. The van der Waals surface area contributed by atoms with E-state index < -0.39 is 40.0 Å². The van der Waals surface area contributed by atoms with Crippen molar-refractivity contribution in [2.24, 2.45) is 16.2 Å². The molecule has 16 nitrogen and oxygen atoms in total. The third-order valence-corrected chi connectivity index (χ3v) is 8.84. The van der Waals surface area contributed by atoms with Gasteiger partial charge in [-0.3, -0.25) is 9.13 Å². The first-order valence-corrected chi connectivity index (χ1v) is 22.7. The predicted octanol–water partition coefficient (Wildman–Crippen LogP) is 10.9. The van der Waals surface area contributed by atoms with Crippen LogP contribution in [-0.2, 0) is 61.2 Å². The standard InChI is InChI=1S/C12H25O9P.C10H23O4P.C9H21O3P.4C2H4/c1-11(2,3)7-8-15-19-21-20-16-9-10-17-22(13,14)18-12(4,5)6;1-9(2,3)7-8-13-15(11,12)14-10(4,5)6;1-8(2,3)7-13(10,11)12-9(4,5)6;4*1-2/h7-8H,9-10H2,1-6H3,(H,13,14);7-8H2,1-6H3,(H,11,12);7H2,1-6H3,(H,10,11);4*1-2H2/p-3/b8-7+;;;;;;. The van der Waals surface area contributed by atoms with Gasteiger partial charge in [-0.2, -0.15) is 0 Å². The van der Waals surface area contributed by atoms with E-state index in [1.54, 1.807) is 68.4 Å². The molecule has 0 fully saturated rings. The molecule has 0 spiro atoms. The quantitative estimate of drug-likeness (QED) is 0.0352. The van der Waals surface area contributed by atoms with Crippen LogP contribution in [-0.4, -0.2) is 42.8 Å². The van der Waals surface area contributed by atoms with Gasteiger partial charge >= 0.3 is 0 Å². The van der Waals surface area contributed by atoms with Crippen LogP contribution >= 0.6 is 23.2 Å². The van der Waals surface area contributed by atoms with E-state index in [-0.39, 0.29) is 42.2 Å². The largest absolute Gasteiger partial charge is 0.778 e. The first kappa shape index (κ1) is 71.2. The van der Waals surface area contributed by atoms with E-state index in [4.69, 9.17) is 18.1 Å². The molecule has 0 radical (unpaired) electrons. The molecule has 0 bridgehead atoms. The fourth-order valence-electron chi connectivity index (χ4n) is 2.74. The lowest BCUT2D eigenvalue weighted by Gasteiger charge is -2.35.